The summed E-state index contributed by atoms with van der Waals surface area (Å²) in [6.45, 7) is 3.68. The van der Waals surface area contributed by atoms with Gasteiger partial charge in [-0.15, -0.1) is 0 Å². The highest BCUT2D eigenvalue weighted by Gasteiger charge is 2.20. The van der Waals surface area contributed by atoms with Crippen LogP contribution in [0.2, 0.25) is 5.02 Å². The van der Waals surface area contributed by atoms with E-state index in [1.54, 1.807) is 38.2 Å². The zero-order valence-corrected chi connectivity index (χ0v) is 25.2. The van der Waals surface area contributed by atoms with Gasteiger partial charge in [-0.05, 0) is 26.0 Å². The number of pyridine rings is 1. The maximum Gasteiger partial charge on any atom is 0.322 e. The molecular formula is C32H34ClF2N7O4. The number of aromatic nitrogens is 5. The quantitative estimate of drug-likeness (QED) is 0.110. The molecule has 11 nitrogen and oxygen atoms in total. The predicted octanol–water partition coefficient (Wildman–Crippen LogP) is 6.31. The second-order valence-electron chi connectivity index (χ2n) is 9.87. The van der Waals surface area contributed by atoms with Crippen LogP contribution in [0.5, 0.6) is 11.5 Å². The maximum atomic E-state index is 15.0. The van der Waals surface area contributed by atoms with Crippen LogP contribution in [-0.2, 0) is 16.1 Å². The molecule has 3 aromatic heterocycles. The zero-order valence-electron chi connectivity index (χ0n) is 24.5. The first-order chi connectivity index (χ1) is 21.7. The molecule has 0 aliphatic rings. The van der Waals surface area contributed by atoms with E-state index in [4.69, 9.17) is 36.5 Å². The first kappa shape index (κ1) is 34.0. The molecule has 46 heavy (non-hydrogen) atoms. The Bertz CT molecular complexity index is 1800. The molecule has 5 rings (SSSR count). The Morgan fingerprint density at radius 1 is 1.11 bits per heavy atom. The average Bonchev–Trinajstić information content (AvgIpc) is 3.39. The van der Waals surface area contributed by atoms with E-state index < -0.39 is 23.6 Å². The highest BCUT2D eigenvalue weighted by atomic mass is 35.5. The number of carbonyl (C=O) groups is 1. The van der Waals surface area contributed by atoms with E-state index >= 15 is 0 Å². The van der Waals surface area contributed by atoms with E-state index in [1.807, 2.05) is 12.1 Å². The summed E-state index contributed by atoms with van der Waals surface area (Å²) in [5, 5.41) is 8.84. The van der Waals surface area contributed by atoms with Crippen LogP contribution in [0, 0.1) is 11.6 Å². The fourth-order valence-electron chi connectivity index (χ4n) is 4.37. The summed E-state index contributed by atoms with van der Waals surface area (Å²) in [6, 6.07) is 10.5. The molecule has 0 bridgehead atoms. The van der Waals surface area contributed by atoms with E-state index in [2.05, 4.69) is 20.4 Å². The molecular weight excluding hydrogens is 620 g/mol. The van der Waals surface area contributed by atoms with Crippen molar-refractivity contribution in [2.24, 2.45) is 5.73 Å². The van der Waals surface area contributed by atoms with Crippen LogP contribution in [0.3, 0.4) is 0 Å². The van der Waals surface area contributed by atoms with Crippen molar-refractivity contribution >= 4 is 40.0 Å². The Kier molecular flexibility index (Phi) is 11.4. The van der Waals surface area contributed by atoms with Crippen LogP contribution < -0.4 is 20.5 Å². The second kappa shape index (κ2) is 15.4. The molecule has 0 aliphatic carbocycles. The first-order valence-corrected chi connectivity index (χ1v) is 14.5. The topological polar surface area (TPSA) is 139 Å². The molecule has 0 saturated carbocycles. The molecule has 0 radical (unpaired) electrons. The third kappa shape index (κ3) is 7.85. The van der Waals surface area contributed by atoms with Crippen molar-refractivity contribution in [2.75, 3.05) is 25.1 Å². The van der Waals surface area contributed by atoms with Crippen molar-refractivity contribution in [3.63, 3.8) is 0 Å². The van der Waals surface area contributed by atoms with Gasteiger partial charge in [0, 0.05) is 41.9 Å². The molecule has 0 saturated heterocycles. The summed E-state index contributed by atoms with van der Waals surface area (Å²) in [6.07, 6.45) is 4.92. The van der Waals surface area contributed by atoms with Crippen molar-refractivity contribution < 1.29 is 27.8 Å². The first-order valence-electron chi connectivity index (χ1n) is 14.1. The van der Waals surface area contributed by atoms with E-state index in [9.17, 15) is 13.6 Å². The summed E-state index contributed by atoms with van der Waals surface area (Å²) in [5.41, 5.74) is 6.88. The normalized spacial score (nSPS) is 11.5. The molecule has 0 spiro atoms. The SMILES string of the molecule is C.CCOc1cc(F)c(Cn2nc(-c3ncc(OCCCOC(=O)[C@H](C)N)c(Nc4ccncc4Cl)n3)c3ccccc32)c(F)c1. The van der Waals surface area contributed by atoms with Gasteiger partial charge in [0.05, 0.1) is 48.8 Å². The van der Waals surface area contributed by atoms with Crippen molar-refractivity contribution in [1.29, 1.82) is 0 Å². The lowest BCUT2D eigenvalue weighted by Gasteiger charge is -2.14. The molecule has 3 heterocycles. The number of ether oxygens (including phenoxy) is 3. The molecule has 14 heteroatoms. The zero-order chi connectivity index (χ0) is 31.9. The smallest absolute Gasteiger partial charge is 0.322 e. The van der Waals surface area contributed by atoms with Crippen LogP contribution in [0.1, 0.15) is 33.3 Å². The minimum Gasteiger partial charge on any atom is -0.494 e. The van der Waals surface area contributed by atoms with Crippen molar-refractivity contribution in [2.45, 2.75) is 40.3 Å². The number of halogens is 3. The van der Waals surface area contributed by atoms with E-state index in [-0.39, 0.29) is 56.7 Å². The number of anilines is 2. The summed E-state index contributed by atoms with van der Waals surface area (Å²) < 4.78 is 47.7. The number of fused-ring (bicyclic) bond motifs is 1. The Morgan fingerprint density at radius 3 is 2.59 bits per heavy atom. The molecule has 0 fully saturated rings. The minimum absolute atomic E-state index is 0. The largest absolute Gasteiger partial charge is 0.494 e. The summed E-state index contributed by atoms with van der Waals surface area (Å²) in [5.74, 6) is -1.08. The number of para-hydroxylation sites is 1. The van der Waals surface area contributed by atoms with E-state index in [0.29, 0.717) is 39.5 Å². The van der Waals surface area contributed by atoms with Gasteiger partial charge in [0.15, 0.2) is 17.4 Å². The number of esters is 1. The van der Waals surface area contributed by atoms with Crippen LogP contribution in [0.4, 0.5) is 20.3 Å². The van der Waals surface area contributed by atoms with Gasteiger partial charge in [-0.1, -0.05) is 37.2 Å². The molecule has 0 unspecified atom stereocenters. The van der Waals surface area contributed by atoms with Gasteiger partial charge < -0.3 is 25.3 Å². The lowest BCUT2D eigenvalue weighted by Crippen LogP contribution is -2.29. The third-order valence-electron chi connectivity index (χ3n) is 6.55. The van der Waals surface area contributed by atoms with Gasteiger partial charge in [-0.25, -0.2) is 18.7 Å². The summed E-state index contributed by atoms with van der Waals surface area (Å²) >= 11 is 6.34. The third-order valence-corrected chi connectivity index (χ3v) is 6.85. The Labute approximate surface area is 269 Å². The molecule has 0 amide bonds. The molecule has 1 atom stereocenters. The van der Waals surface area contributed by atoms with Gasteiger partial charge in [-0.3, -0.25) is 14.5 Å². The standard InChI is InChI=1S/C31H30ClF2N7O4.CH4/c1-3-43-19-13-23(33)21(24(34)14-19)17-41-26-8-5-4-7-20(26)28(40-41)30-37-16-27(44-11-6-12-45-31(42)18(2)35)29(39-30)38-25-9-10-36-15-22(25)32;/h4-5,7-10,13-16,18H,3,6,11-12,17,35H2,1-2H3,(H,36,37,38,39);1H4/t18-;/m0./s1. The number of nitrogens with one attached hydrogen (secondary N) is 1. The molecule has 5 aromatic rings. The fourth-order valence-corrected chi connectivity index (χ4v) is 4.54. The lowest BCUT2D eigenvalue weighted by atomic mass is 10.1. The Hall–Kier alpha value is -4.88. The van der Waals surface area contributed by atoms with Crippen molar-refractivity contribution in [3.8, 4) is 23.0 Å². The van der Waals surface area contributed by atoms with E-state index in [1.165, 1.54) is 17.1 Å². The number of nitrogens with zero attached hydrogens (tertiary/aromatic N) is 5. The van der Waals surface area contributed by atoms with Crippen LogP contribution in [0.15, 0.2) is 61.1 Å². The molecule has 2 aromatic carbocycles. The number of nitrogens with two attached hydrogens (primary N) is 1. The lowest BCUT2D eigenvalue weighted by molar-refractivity contribution is -0.144. The van der Waals surface area contributed by atoms with Crippen LogP contribution >= 0.6 is 11.6 Å². The molecule has 0 aliphatic heterocycles. The maximum absolute atomic E-state index is 15.0. The number of hydrogen-bond acceptors (Lipinski definition) is 10. The number of carbonyl (C=O) groups excluding carboxylic acids is 1. The summed E-state index contributed by atoms with van der Waals surface area (Å²) in [7, 11) is 0. The van der Waals surface area contributed by atoms with Crippen LogP contribution in [-0.4, -0.2) is 56.6 Å². The van der Waals surface area contributed by atoms with Crippen molar-refractivity contribution in [3.05, 3.63) is 83.3 Å². The highest BCUT2D eigenvalue weighted by Crippen LogP contribution is 2.33. The Balaban J connectivity index is 0.00000480. The molecule has 3 N–H and O–H groups in total. The fraction of sp³-hybridized carbons (Fsp3) is 0.281. The van der Waals surface area contributed by atoms with E-state index in [0.717, 1.165) is 12.1 Å². The second-order valence-corrected chi connectivity index (χ2v) is 10.3. The number of benzene rings is 2. The Morgan fingerprint density at radius 2 is 1.87 bits per heavy atom. The van der Waals surface area contributed by atoms with Gasteiger partial charge in [0.2, 0.25) is 0 Å². The highest BCUT2D eigenvalue weighted by molar-refractivity contribution is 6.33. The van der Waals surface area contributed by atoms with Crippen LogP contribution in [0.25, 0.3) is 22.4 Å². The number of hydrogen-bond donors (Lipinski definition) is 2. The predicted molar refractivity (Wildman–Crippen MR) is 171 cm³/mol. The monoisotopic (exact) mass is 653 g/mol. The number of rotatable bonds is 13. The minimum atomic E-state index is -0.745. The summed E-state index contributed by atoms with van der Waals surface area (Å²) in [4.78, 5) is 24.8. The van der Waals surface area contributed by atoms with Crippen molar-refractivity contribution in [1.82, 2.24) is 24.7 Å². The van der Waals surface area contributed by atoms with Gasteiger partial charge >= 0.3 is 5.97 Å². The molecule has 242 valence electrons. The van der Waals surface area contributed by atoms with Gasteiger partial charge in [-0.2, -0.15) is 5.10 Å². The average molecular weight is 654 g/mol. The van der Waals surface area contributed by atoms with Gasteiger partial charge in [0.25, 0.3) is 0 Å². The van der Waals surface area contributed by atoms with Gasteiger partial charge in [0.1, 0.15) is 29.1 Å².